The summed E-state index contributed by atoms with van der Waals surface area (Å²) in [6, 6.07) is -0.962. The molecule has 40 heavy (non-hydrogen) atoms. The van der Waals surface area contributed by atoms with Crippen molar-refractivity contribution in [2.45, 2.75) is 45.7 Å². The lowest BCUT2D eigenvalue weighted by atomic mass is 10.1. The van der Waals surface area contributed by atoms with Gasteiger partial charge in [0, 0.05) is 25.4 Å². The molecule has 1 aromatic carbocycles. The zero-order valence-corrected chi connectivity index (χ0v) is 21.8. The Bertz CT molecular complexity index is 1300. The highest BCUT2D eigenvalue weighted by Gasteiger charge is 2.30. The zero-order chi connectivity index (χ0) is 30.1. The molecule has 0 aliphatic heterocycles. The predicted molar refractivity (Wildman–Crippen MR) is 133 cm³/mol. The summed E-state index contributed by atoms with van der Waals surface area (Å²) in [5.74, 6) is -12.6. The van der Waals surface area contributed by atoms with E-state index in [2.05, 4.69) is 15.4 Å². The number of rotatable bonds is 13. The fourth-order valence-electron chi connectivity index (χ4n) is 3.67. The van der Waals surface area contributed by atoms with E-state index in [4.69, 9.17) is 0 Å². The molecule has 2 rings (SSSR count). The molecule has 2 aromatic rings. The Labute approximate surface area is 225 Å². The molecule has 2 atom stereocenters. The standard InChI is InChI=1S/C25H28F4N4O7/c1-4-17(33-9-7-8-15(24(33)38)31-25(39)32(5-2)6-3)23(37)30-16(11-19(35)36)18(34)12-40-22-20(28)13(26)10-14(27)21(22)29/h7-10,16-17H,4-6,11-12H2,1-3H3,(H,30,37)(H,31,39)(H,35,36)/t16-,17?/m0/s1. The van der Waals surface area contributed by atoms with Gasteiger partial charge in [-0.3, -0.25) is 19.2 Å². The number of carbonyl (C=O) groups is 4. The number of hydrogen-bond donors (Lipinski definition) is 3. The highest BCUT2D eigenvalue weighted by atomic mass is 19.2. The summed E-state index contributed by atoms with van der Waals surface area (Å²) in [6.45, 7) is 4.51. The zero-order valence-electron chi connectivity index (χ0n) is 21.8. The summed E-state index contributed by atoms with van der Waals surface area (Å²) in [6.07, 6.45) is 0.259. The summed E-state index contributed by atoms with van der Waals surface area (Å²) in [7, 11) is 0. The van der Waals surface area contributed by atoms with E-state index in [9.17, 15) is 46.6 Å². The number of carboxylic acids is 1. The Morgan fingerprint density at radius 2 is 1.65 bits per heavy atom. The van der Waals surface area contributed by atoms with E-state index in [-0.39, 0.29) is 18.2 Å². The fraction of sp³-hybridized carbons (Fsp3) is 0.400. The molecule has 15 heteroatoms. The number of aliphatic carboxylic acids is 1. The van der Waals surface area contributed by atoms with Crippen molar-refractivity contribution in [2.24, 2.45) is 0 Å². The van der Waals surface area contributed by atoms with Crippen LogP contribution in [0.4, 0.5) is 28.0 Å². The van der Waals surface area contributed by atoms with E-state index in [1.54, 1.807) is 13.8 Å². The third-order valence-electron chi connectivity index (χ3n) is 5.81. The number of Topliss-reactive ketones (excluding diaryl/α,β-unsaturated/α-hetero) is 1. The van der Waals surface area contributed by atoms with Crippen LogP contribution in [-0.2, 0) is 14.4 Å². The molecule has 0 fully saturated rings. The van der Waals surface area contributed by atoms with E-state index in [1.807, 2.05) is 0 Å². The molecule has 0 aliphatic carbocycles. The highest BCUT2D eigenvalue weighted by Crippen LogP contribution is 2.26. The maximum Gasteiger partial charge on any atom is 0.321 e. The van der Waals surface area contributed by atoms with Crippen molar-refractivity contribution in [3.8, 4) is 5.75 Å². The van der Waals surface area contributed by atoms with Crippen molar-refractivity contribution in [3.63, 3.8) is 0 Å². The van der Waals surface area contributed by atoms with Gasteiger partial charge in [0.2, 0.25) is 17.5 Å². The molecule has 0 radical (unpaired) electrons. The summed E-state index contributed by atoms with van der Waals surface area (Å²) in [5.41, 5.74) is -0.892. The number of aromatic nitrogens is 1. The molecule has 0 saturated carbocycles. The first-order valence-electron chi connectivity index (χ1n) is 12.1. The first kappa shape index (κ1) is 31.8. The molecular formula is C25H28F4N4O7. The Balaban J connectivity index is 2.26. The summed E-state index contributed by atoms with van der Waals surface area (Å²) in [5, 5.41) is 13.8. The average Bonchev–Trinajstić information content (AvgIpc) is 2.90. The van der Waals surface area contributed by atoms with Gasteiger partial charge in [-0.2, -0.15) is 8.78 Å². The molecule has 11 nitrogen and oxygen atoms in total. The van der Waals surface area contributed by atoms with Crippen molar-refractivity contribution in [1.29, 1.82) is 0 Å². The molecule has 218 valence electrons. The lowest BCUT2D eigenvalue weighted by Crippen LogP contribution is -2.48. The van der Waals surface area contributed by atoms with Crippen LogP contribution >= 0.6 is 0 Å². The molecule has 1 aromatic heterocycles. The molecule has 0 spiro atoms. The molecular weight excluding hydrogens is 544 g/mol. The van der Waals surface area contributed by atoms with Gasteiger partial charge in [0.1, 0.15) is 24.4 Å². The second-order valence-corrected chi connectivity index (χ2v) is 8.37. The third kappa shape index (κ3) is 7.57. The number of amides is 3. The van der Waals surface area contributed by atoms with Gasteiger partial charge >= 0.3 is 12.0 Å². The fourth-order valence-corrected chi connectivity index (χ4v) is 3.67. The van der Waals surface area contributed by atoms with Gasteiger partial charge in [-0.25, -0.2) is 13.6 Å². The molecule has 0 bridgehead atoms. The van der Waals surface area contributed by atoms with Crippen LogP contribution in [0.5, 0.6) is 5.75 Å². The smallest absolute Gasteiger partial charge is 0.321 e. The van der Waals surface area contributed by atoms with E-state index in [0.717, 1.165) is 4.57 Å². The number of carbonyl (C=O) groups excluding carboxylic acids is 3. The second-order valence-electron chi connectivity index (χ2n) is 8.37. The van der Waals surface area contributed by atoms with Crippen LogP contribution in [0.3, 0.4) is 0 Å². The van der Waals surface area contributed by atoms with Crippen molar-refractivity contribution in [3.05, 3.63) is 58.0 Å². The molecule has 0 aliphatic rings. The Morgan fingerprint density at radius 1 is 1.05 bits per heavy atom. The number of urea groups is 1. The van der Waals surface area contributed by atoms with Gasteiger partial charge in [0.05, 0.1) is 6.42 Å². The van der Waals surface area contributed by atoms with Gasteiger partial charge < -0.3 is 29.9 Å². The van der Waals surface area contributed by atoms with Crippen LogP contribution in [0.25, 0.3) is 0 Å². The summed E-state index contributed by atoms with van der Waals surface area (Å²) >= 11 is 0. The SMILES string of the molecule is CCC(C(=O)N[C@@H](CC(=O)O)C(=O)COc1c(F)c(F)cc(F)c1F)n1cccc(NC(=O)N(CC)CC)c1=O. The Kier molecular flexibility index (Phi) is 11.2. The van der Waals surface area contributed by atoms with Gasteiger partial charge in [0.15, 0.2) is 23.2 Å². The number of benzene rings is 1. The minimum Gasteiger partial charge on any atom is -0.481 e. The van der Waals surface area contributed by atoms with Gasteiger partial charge in [0.25, 0.3) is 5.56 Å². The second kappa shape index (κ2) is 14.1. The van der Waals surface area contributed by atoms with Crippen molar-refractivity contribution in [2.75, 3.05) is 25.0 Å². The number of ketones is 1. The molecule has 3 N–H and O–H groups in total. The number of nitrogens with zero attached hydrogens (tertiary/aromatic N) is 2. The van der Waals surface area contributed by atoms with Crippen molar-refractivity contribution in [1.82, 2.24) is 14.8 Å². The highest BCUT2D eigenvalue weighted by molar-refractivity contribution is 5.94. The molecule has 0 saturated heterocycles. The van der Waals surface area contributed by atoms with Crippen molar-refractivity contribution >= 4 is 29.4 Å². The summed E-state index contributed by atoms with van der Waals surface area (Å²) < 4.78 is 60.1. The maximum atomic E-state index is 13.8. The lowest BCUT2D eigenvalue weighted by molar-refractivity contribution is -0.140. The van der Waals surface area contributed by atoms with E-state index in [0.29, 0.717) is 13.1 Å². The van der Waals surface area contributed by atoms with Crippen molar-refractivity contribution < 1.29 is 46.6 Å². The Morgan fingerprint density at radius 3 is 2.17 bits per heavy atom. The quantitative estimate of drug-likeness (QED) is 0.247. The summed E-state index contributed by atoms with van der Waals surface area (Å²) in [4.78, 5) is 63.8. The first-order chi connectivity index (χ1) is 18.9. The number of halogens is 4. The average molecular weight is 573 g/mol. The monoisotopic (exact) mass is 572 g/mol. The normalized spacial score (nSPS) is 12.3. The number of ether oxygens (including phenoxy) is 1. The van der Waals surface area contributed by atoms with Gasteiger partial charge in [-0.15, -0.1) is 0 Å². The minimum atomic E-state index is -1.91. The van der Waals surface area contributed by atoms with Gasteiger partial charge in [-0.05, 0) is 32.4 Å². The topological polar surface area (TPSA) is 147 Å². The van der Waals surface area contributed by atoms with Crippen LogP contribution in [-0.4, -0.2) is 64.0 Å². The number of nitrogens with one attached hydrogen (secondary N) is 2. The largest absolute Gasteiger partial charge is 0.481 e. The first-order valence-corrected chi connectivity index (χ1v) is 12.1. The third-order valence-corrected chi connectivity index (χ3v) is 5.81. The maximum absolute atomic E-state index is 13.8. The van der Waals surface area contributed by atoms with Crippen LogP contribution in [0, 0.1) is 23.3 Å². The molecule has 1 unspecified atom stereocenters. The van der Waals surface area contributed by atoms with Crippen LogP contribution < -0.4 is 20.9 Å². The van der Waals surface area contributed by atoms with E-state index >= 15 is 0 Å². The number of pyridine rings is 1. The Hall–Kier alpha value is -4.43. The number of anilines is 1. The lowest BCUT2D eigenvalue weighted by Gasteiger charge is -2.23. The van der Waals surface area contributed by atoms with Crippen LogP contribution in [0.2, 0.25) is 0 Å². The number of hydrogen-bond acceptors (Lipinski definition) is 6. The number of carboxylic acid groups (broad SMARTS) is 1. The van der Waals surface area contributed by atoms with Gasteiger partial charge in [-0.1, -0.05) is 6.92 Å². The molecule has 1 heterocycles. The predicted octanol–water partition coefficient (Wildman–Crippen LogP) is 2.84. The van der Waals surface area contributed by atoms with Crippen LogP contribution in [0.1, 0.15) is 39.7 Å². The minimum absolute atomic E-state index is 0.0113. The van der Waals surface area contributed by atoms with E-state index < -0.39 is 83.4 Å². The van der Waals surface area contributed by atoms with Crippen LogP contribution in [0.15, 0.2) is 29.2 Å². The molecule has 3 amide bonds. The van der Waals surface area contributed by atoms with E-state index in [1.165, 1.54) is 30.2 Å².